The summed E-state index contributed by atoms with van der Waals surface area (Å²) in [5.41, 5.74) is 2.20. The van der Waals surface area contributed by atoms with Gasteiger partial charge in [-0.3, -0.25) is 14.4 Å². The van der Waals surface area contributed by atoms with E-state index in [9.17, 15) is 14.4 Å². The number of ketones is 1. The minimum Gasteiger partial charge on any atom is -0.497 e. The number of anilines is 2. The van der Waals surface area contributed by atoms with Crippen LogP contribution in [0.2, 0.25) is 5.02 Å². The molecule has 2 saturated heterocycles. The zero-order valence-electron chi connectivity index (χ0n) is 16.4. The van der Waals surface area contributed by atoms with Crippen molar-refractivity contribution in [1.29, 1.82) is 0 Å². The van der Waals surface area contributed by atoms with Crippen molar-refractivity contribution in [1.82, 2.24) is 0 Å². The number of carbonyl (C=O) groups excluding carboxylic acids is 3. The molecular formula is C23H19ClN2O4. The number of fused-ring (bicyclic) bond motifs is 5. The highest BCUT2D eigenvalue weighted by molar-refractivity contribution is 6.31. The lowest BCUT2D eigenvalue weighted by molar-refractivity contribution is -0.126. The molecule has 3 aliphatic heterocycles. The number of imide groups is 1. The van der Waals surface area contributed by atoms with Crippen molar-refractivity contribution in [3.63, 3.8) is 0 Å². The molecule has 2 aromatic rings. The highest BCUT2D eigenvalue weighted by Gasteiger charge is 2.63. The molecule has 0 bridgehead atoms. The Kier molecular flexibility index (Phi) is 4.22. The minimum absolute atomic E-state index is 0.135. The molecule has 152 valence electrons. The summed E-state index contributed by atoms with van der Waals surface area (Å²) in [5, 5.41) is 0.521. The van der Waals surface area contributed by atoms with E-state index in [1.54, 1.807) is 31.4 Å². The summed E-state index contributed by atoms with van der Waals surface area (Å²) in [5.74, 6) is -1.40. The summed E-state index contributed by atoms with van der Waals surface area (Å²) >= 11 is 5.95. The predicted octanol–water partition coefficient (Wildman–Crippen LogP) is 3.33. The van der Waals surface area contributed by atoms with Crippen LogP contribution < -0.4 is 14.5 Å². The Morgan fingerprint density at radius 2 is 1.73 bits per heavy atom. The van der Waals surface area contributed by atoms with E-state index in [1.807, 2.05) is 35.3 Å². The molecule has 2 amide bonds. The molecule has 3 aliphatic rings. The van der Waals surface area contributed by atoms with Gasteiger partial charge < -0.3 is 9.64 Å². The van der Waals surface area contributed by atoms with Crippen LogP contribution in [0.25, 0.3) is 6.08 Å². The van der Waals surface area contributed by atoms with Crippen LogP contribution in [0, 0.1) is 11.8 Å². The maximum absolute atomic E-state index is 13.4. The SMILES string of the molecule is COc1ccc2c(c1)C=CC1C3C(=O)N(c4ccc(Cl)cc4)C(=O)C3C(C(C)=O)N21. The zero-order valence-corrected chi connectivity index (χ0v) is 17.2. The first-order chi connectivity index (χ1) is 14.4. The number of methoxy groups -OCH3 is 1. The molecule has 0 aliphatic carbocycles. The number of ether oxygens (including phenoxy) is 1. The van der Waals surface area contributed by atoms with Gasteiger partial charge in [0, 0.05) is 16.3 Å². The summed E-state index contributed by atoms with van der Waals surface area (Å²) in [7, 11) is 1.60. The number of nitrogens with zero attached hydrogens (tertiary/aromatic N) is 2. The molecular weight excluding hydrogens is 404 g/mol. The van der Waals surface area contributed by atoms with Gasteiger partial charge in [-0.05, 0) is 49.4 Å². The Morgan fingerprint density at radius 1 is 1.03 bits per heavy atom. The number of hydrogen-bond donors (Lipinski definition) is 0. The summed E-state index contributed by atoms with van der Waals surface area (Å²) < 4.78 is 5.30. The van der Waals surface area contributed by atoms with Gasteiger partial charge in [0.05, 0.1) is 30.7 Å². The number of carbonyl (C=O) groups is 3. The second kappa shape index (κ2) is 6.71. The Morgan fingerprint density at radius 3 is 2.40 bits per heavy atom. The number of amides is 2. The van der Waals surface area contributed by atoms with E-state index < -0.39 is 17.9 Å². The van der Waals surface area contributed by atoms with Crippen molar-refractivity contribution in [2.24, 2.45) is 11.8 Å². The highest BCUT2D eigenvalue weighted by Crippen LogP contribution is 2.49. The maximum Gasteiger partial charge on any atom is 0.240 e. The zero-order chi connectivity index (χ0) is 21.2. The van der Waals surface area contributed by atoms with Gasteiger partial charge in [0.2, 0.25) is 11.8 Å². The normalized spacial score (nSPS) is 26.5. The minimum atomic E-state index is -0.728. The molecule has 5 rings (SSSR count). The lowest BCUT2D eigenvalue weighted by Gasteiger charge is -2.36. The molecule has 0 aromatic heterocycles. The van der Waals surface area contributed by atoms with Gasteiger partial charge in [-0.2, -0.15) is 0 Å². The Bertz CT molecular complexity index is 1110. The Labute approximate surface area is 178 Å². The van der Waals surface area contributed by atoms with Crippen molar-refractivity contribution >= 4 is 46.6 Å². The highest BCUT2D eigenvalue weighted by atomic mass is 35.5. The number of hydrogen-bond acceptors (Lipinski definition) is 5. The largest absolute Gasteiger partial charge is 0.497 e. The number of halogens is 1. The molecule has 4 atom stereocenters. The van der Waals surface area contributed by atoms with E-state index in [-0.39, 0.29) is 23.6 Å². The standard InChI is InChI=1S/C23H19ClN2O4/c1-12(27)21-20-19(22(28)25(23(20)29)15-6-4-14(24)5-7-15)18-9-3-13-11-16(30-2)8-10-17(13)26(18)21/h3-11,18-21H,1-2H3. The maximum atomic E-state index is 13.4. The molecule has 0 N–H and O–H groups in total. The first kappa shape index (κ1) is 18.9. The van der Waals surface area contributed by atoms with Crippen molar-refractivity contribution in [3.8, 4) is 5.75 Å². The average molecular weight is 423 g/mol. The molecule has 6 nitrogen and oxygen atoms in total. The molecule has 3 heterocycles. The van der Waals surface area contributed by atoms with Gasteiger partial charge in [-0.25, -0.2) is 4.90 Å². The molecule has 0 radical (unpaired) electrons. The van der Waals surface area contributed by atoms with Gasteiger partial charge in [0.25, 0.3) is 0 Å². The van der Waals surface area contributed by atoms with Crippen LogP contribution >= 0.6 is 11.6 Å². The average Bonchev–Trinajstić information content (AvgIpc) is 3.21. The summed E-state index contributed by atoms with van der Waals surface area (Å²) in [6.45, 7) is 1.48. The van der Waals surface area contributed by atoms with E-state index in [0.29, 0.717) is 16.5 Å². The fraction of sp³-hybridized carbons (Fsp3) is 0.261. The fourth-order valence-electron chi connectivity index (χ4n) is 4.98. The van der Waals surface area contributed by atoms with Gasteiger partial charge in [-0.15, -0.1) is 0 Å². The Balaban J connectivity index is 1.60. The first-order valence-corrected chi connectivity index (χ1v) is 10.1. The monoisotopic (exact) mass is 422 g/mol. The summed E-state index contributed by atoms with van der Waals surface area (Å²) in [6.07, 6.45) is 3.85. The van der Waals surface area contributed by atoms with E-state index >= 15 is 0 Å². The third-order valence-electron chi connectivity index (χ3n) is 6.21. The molecule has 2 fully saturated rings. The second-order valence-corrected chi connectivity index (χ2v) is 8.21. The molecule has 7 heteroatoms. The summed E-state index contributed by atoms with van der Waals surface area (Å²) in [6, 6.07) is 11.1. The van der Waals surface area contributed by atoms with Crippen LogP contribution in [-0.4, -0.2) is 36.8 Å². The van der Waals surface area contributed by atoms with Crippen molar-refractivity contribution in [2.75, 3.05) is 16.9 Å². The third-order valence-corrected chi connectivity index (χ3v) is 6.47. The quantitative estimate of drug-likeness (QED) is 0.710. The van der Waals surface area contributed by atoms with Crippen LogP contribution in [0.5, 0.6) is 5.75 Å². The Hall–Kier alpha value is -3.12. The van der Waals surface area contributed by atoms with Crippen molar-refractivity contribution in [3.05, 3.63) is 59.1 Å². The van der Waals surface area contributed by atoms with Gasteiger partial charge >= 0.3 is 0 Å². The van der Waals surface area contributed by atoms with Crippen LogP contribution in [0.15, 0.2) is 48.5 Å². The first-order valence-electron chi connectivity index (χ1n) is 9.71. The van der Waals surface area contributed by atoms with E-state index in [2.05, 4.69) is 0 Å². The van der Waals surface area contributed by atoms with Gasteiger partial charge in [0.1, 0.15) is 11.8 Å². The molecule has 0 saturated carbocycles. The van der Waals surface area contributed by atoms with Crippen molar-refractivity contribution < 1.29 is 19.1 Å². The number of Topliss-reactive ketones (excluding diaryl/α,β-unsaturated/α-hetero) is 1. The lowest BCUT2D eigenvalue weighted by atomic mass is 9.88. The second-order valence-electron chi connectivity index (χ2n) is 7.78. The smallest absolute Gasteiger partial charge is 0.240 e. The molecule has 0 spiro atoms. The molecule has 2 aromatic carbocycles. The third kappa shape index (κ3) is 2.53. The summed E-state index contributed by atoms with van der Waals surface area (Å²) in [4.78, 5) is 42.7. The molecule has 30 heavy (non-hydrogen) atoms. The van der Waals surface area contributed by atoms with Crippen LogP contribution in [-0.2, 0) is 14.4 Å². The van der Waals surface area contributed by atoms with E-state index in [4.69, 9.17) is 16.3 Å². The van der Waals surface area contributed by atoms with E-state index in [0.717, 1.165) is 11.3 Å². The topological polar surface area (TPSA) is 66.9 Å². The number of benzene rings is 2. The van der Waals surface area contributed by atoms with Crippen LogP contribution in [0.3, 0.4) is 0 Å². The van der Waals surface area contributed by atoms with Crippen molar-refractivity contribution in [2.45, 2.75) is 19.0 Å². The van der Waals surface area contributed by atoms with Gasteiger partial charge in [-0.1, -0.05) is 23.8 Å². The van der Waals surface area contributed by atoms with E-state index in [1.165, 1.54) is 11.8 Å². The lowest BCUT2D eigenvalue weighted by Crippen LogP contribution is -2.48. The fourth-order valence-corrected chi connectivity index (χ4v) is 5.11. The van der Waals surface area contributed by atoms with Crippen LogP contribution in [0.4, 0.5) is 11.4 Å². The predicted molar refractivity (Wildman–Crippen MR) is 114 cm³/mol. The molecule has 4 unspecified atom stereocenters. The number of rotatable bonds is 3. The van der Waals surface area contributed by atoms with Crippen LogP contribution in [0.1, 0.15) is 12.5 Å². The van der Waals surface area contributed by atoms with Gasteiger partial charge in [0.15, 0.2) is 5.78 Å².